The van der Waals surface area contributed by atoms with E-state index in [1.165, 1.54) is 6.33 Å². The van der Waals surface area contributed by atoms with E-state index in [0.29, 0.717) is 17.5 Å². The van der Waals surface area contributed by atoms with Gasteiger partial charge in [0.15, 0.2) is 0 Å². The number of hydrogen-bond acceptors (Lipinski definition) is 4. The molecular formula is C8H10N2O2. The lowest BCUT2D eigenvalue weighted by Crippen LogP contribution is -1.97. The van der Waals surface area contributed by atoms with Gasteiger partial charge in [-0.1, -0.05) is 13.8 Å². The minimum Gasteiger partial charge on any atom is -0.450 e. The molecular weight excluding hydrogens is 156 g/mol. The van der Waals surface area contributed by atoms with Crippen LogP contribution in [-0.4, -0.2) is 16.8 Å². The van der Waals surface area contributed by atoms with Crippen molar-refractivity contribution in [1.82, 2.24) is 9.97 Å². The molecule has 0 atom stereocenters. The highest BCUT2D eigenvalue weighted by Gasteiger charge is 2.21. The highest BCUT2D eigenvalue weighted by molar-refractivity contribution is 5.40. The van der Waals surface area contributed by atoms with E-state index < -0.39 is 0 Å². The molecule has 2 heterocycles. The number of rotatable bonds is 1. The smallest absolute Gasteiger partial charge is 0.263 e. The Balaban J connectivity index is 2.49. The van der Waals surface area contributed by atoms with Crippen LogP contribution in [0.1, 0.15) is 25.5 Å². The topological polar surface area (TPSA) is 44.2 Å². The number of fused-ring (bicyclic) bond motifs is 1. The summed E-state index contributed by atoms with van der Waals surface area (Å²) in [5, 5.41) is 0. The van der Waals surface area contributed by atoms with Gasteiger partial charge in [0.05, 0.1) is 5.69 Å². The van der Waals surface area contributed by atoms with Crippen molar-refractivity contribution in [3.8, 4) is 11.6 Å². The second-order valence-electron chi connectivity index (χ2n) is 2.95. The standard InChI is InChI=1S/C8H10N2O2/c1-5(2)6-7-8(10-3-9-6)12-4-11-7/h3,5H,4H2,1-2H3. The molecule has 12 heavy (non-hydrogen) atoms. The fourth-order valence-corrected chi connectivity index (χ4v) is 1.16. The zero-order valence-electron chi connectivity index (χ0n) is 7.07. The summed E-state index contributed by atoms with van der Waals surface area (Å²) in [6, 6.07) is 0. The van der Waals surface area contributed by atoms with E-state index in [-0.39, 0.29) is 6.79 Å². The Labute approximate surface area is 70.6 Å². The van der Waals surface area contributed by atoms with Crippen molar-refractivity contribution in [1.29, 1.82) is 0 Å². The van der Waals surface area contributed by atoms with Crippen LogP contribution in [0.2, 0.25) is 0 Å². The summed E-state index contributed by atoms with van der Waals surface area (Å²) >= 11 is 0. The maximum atomic E-state index is 5.24. The Kier molecular flexibility index (Phi) is 1.60. The number of nitrogens with zero attached hydrogens (tertiary/aromatic N) is 2. The summed E-state index contributed by atoms with van der Waals surface area (Å²) in [6.45, 7) is 4.38. The van der Waals surface area contributed by atoms with Crippen LogP contribution < -0.4 is 9.47 Å². The third kappa shape index (κ3) is 0.995. The van der Waals surface area contributed by atoms with Gasteiger partial charge in [-0.05, 0) is 5.92 Å². The first-order valence-electron chi connectivity index (χ1n) is 3.89. The van der Waals surface area contributed by atoms with Gasteiger partial charge < -0.3 is 9.47 Å². The van der Waals surface area contributed by atoms with Gasteiger partial charge in [0.25, 0.3) is 5.88 Å². The van der Waals surface area contributed by atoms with Crippen LogP contribution >= 0.6 is 0 Å². The van der Waals surface area contributed by atoms with Crippen molar-refractivity contribution in [2.45, 2.75) is 19.8 Å². The van der Waals surface area contributed by atoms with Gasteiger partial charge in [-0.3, -0.25) is 0 Å². The van der Waals surface area contributed by atoms with Crippen LogP contribution in [0.3, 0.4) is 0 Å². The van der Waals surface area contributed by atoms with Gasteiger partial charge in [0, 0.05) is 0 Å². The van der Waals surface area contributed by atoms with Crippen LogP contribution in [0.5, 0.6) is 11.6 Å². The van der Waals surface area contributed by atoms with Gasteiger partial charge in [0.2, 0.25) is 12.5 Å². The molecule has 0 saturated heterocycles. The van der Waals surface area contributed by atoms with Crippen molar-refractivity contribution >= 4 is 0 Å². The van der Waals surface area contributed by atoms with Gasteiger partial charge >= 0.3 is 0 Å². The molecule has 0 bridgehead atoms. The van der Waals surface area contributed by atoms with Crippen LogP contribution in [-0.2, 0) is 0 Å². The Morgan fingerprint density at radius 2 is 2.17 bits per heavy atom. The molecule has 0 aliphatic carbocycles. The average molecular weight is 166 g/mol. The quantitative estimate of drug-likeness (QED) is 0.631. The molecule has 64 valence electrons. The van der Waals surface area contributed by atoms with Crippen LogP contribution in [0.15, 0.2) is 6.33 Å². The molecule has 2 rings (SSSR count). The molecule has 0 N–H and O–H groups in total. The molecule has 0 spiro atoms. The van der Waals surface area contributed by atoms with Gasteiger partial charge in [-0.25, -0.2) is 4.98 Å². The maximum absolute atomic E-state index is 5.24. The maximum Gasteiger partial charge on any atom is 0.263 e. The summed E-state index contributed by atoms with van der Waals surface area (Å²) in [7, 11) is 0. The van der Waals surface area contributed by atoms with E-state index in [4.69, 9.17) is 9.47 Å². The molecule has 0 amide bonds. The molecule has 1 aromatic rings. The number of ether oxygens (including phenoxy) is 2. The lowest BCUT2D eigenvalue weighted by molar-refractivity contribution is 0.170. The Bertz CT molecular complexity index is 299. The fourth-order valence-electron chi connectivity index (χ4n) is 1.16. The van der Waals surface area contributed by atoms with E-state index in [0.717, 1.165) is 5.69 Å². The van der Waals surface area contributed by atoms with Gasteiger partial charge in [-0.15, -0.1) is 0 Å². The first-order chi connectivity index (χ1) is 5.79. The predicted molar refractivity (Wildman–Crippen MR) is 42.2 cm³/mol. The summed E-state index contributed by atoms with van der Waals surface area (Å²) < 4.78 is 10.4. The molecule has 0 fully saturated rings. The van der Waals surface area contributed by atoms with Gasteiger partial charge in [-0.2, -0.15) is 4.98 Å². The third-order valence-corrected chi connectivity index (χ3v) is 1.74. The minimum absolute atomic E-state index is 0.258. The summed E-state index contributed by atoms with van der Waals surface area (Å²) in [5.74, 6) is 1.60. The summed E-state index contributed by atoms with van der Waals surface area (Å²) in [6.07, 6.45) is 1.50. The van der Waals surface area contributed by atoms with Crippen LogP contribution in [0, 0.1) is 0 Å². The molecule has 4 nitrogen and oxygen atoms in total. The molecule has 1 aromatic heterocycles. The lowest BCUT2D eigenvalue weighted by Gasteiger charge is -2.05. The second kappa shape index (κ2) is 2.62. The van der Waals surface area contributed by atoms with E-state index in [2.05, 4.69) is 23.8 Å². The molecule has 0 aromatic carbocycles. The average Bonchev–Trinajstić information content (AvgIpc) is 2.49. The number of hydrogen-bond donors (Lipinski definition) is 0. The fraction of sp³-hybridized carbons (Fsp3) is 0.500. The highest BCUT2D eigenvalue weighted by Crippen LogP contribution is 2.35. The SMILES string of the molecule is CC(C)c1ncnc2c1OCO2. The van der Waals surface area contributed by atoms with E-state index >= 15 is 0 Å². The van der Waals surface area contributed by atoms with Crippen molar-refractivity contribution in [3.63, 3.8) is 0 Å². The number of aromatic nitrogens is 2. The van der Waals surface area contributed by atoms with Crippen LogP contribution in [0.25, 0.3) is 0 Å². The Morgan fingerprint density at radius 1 is 1.33 bits per heavy atom. The molecule has 0 radical (unpaired) electrons. The first-order valence-corrected chi connectivity index (χ1v) is 3.89. The zero-order chi connectivity index (χ0) is 8.55. The van der Waals surface area contributed by atoms with Crippen LogP contribution in [0.4, 0.5) is 0 Å². The monoisotopic (exact) mass is 166 g/mol. The van der Waals surface area contributed by atoms with E-state index in [1.807, 2.05) is 0 Å². The lowest BCUT2D eigenvalue weighted by atomic mass is 10.1. The zero-order valence-corrected chi connectivity index (χ0v) is 7.07. The van der Waals surface area contributed by atoms with Crippen molar-refractivity contribution in [3.05, 3.63) is 12.0 Å². The second-order valence-corrected chi connectivity index (χ2v) is 2.95. The Morgan fingerprint density at radius 3 is 2.92 bits per heavy atom. The predicted octanol–water partition coefficient (Wildman–Crippen LogP) is 1.33. The molecule has 0 saturated carbocycles. The van der Waals surface area contributed by atoms with Gasteiger partial charge in [0.1, 0.15) is 6.33 Å². The molecule has 0 unspecified atom stereocenters. The van der Waals surface area contributed by atoms with Crippen molar-refractivity contribution in [2.24, 2.45) is 0 Å². The van der Waals surface area contributed by atoms with Crippen molar-refractivity contribution < 1.29 is 9.47 Å². The molecule has 1 aliphatic heterocycles. The normalized spacial score (nSPS) is 13.9. The summed E-state index contributed by atoms with van der Waals surface area (Å²) in [4.78, 5) is 8.08. The largest absolute Gasteiger partial charge is 0.450 e. The summed E-state index contributed by atoms with van der Waals surface area (Å²) in [5.41, 5.74) is 0.914. The first kappa shape index (κ1) is 7.34. The molecule has 4 heteroatoms. The Hall–Kier alpha value is -1.32. The third-order valence-electron chi connectivity index (χ3n) is 1.74. The highest BCUT2D eigenvalue weighted by atomic mass is 16.7. The molecule has 1 aliphatic rings. The van der Waals surface area contributed by atoms with Crippen molar-refractivity contribution in [2.75, 3.05) is 6.79 Å². The van der Waals surface area contributed by atoms with E-state index in [9.17, 15) is 0 Å². The minimum atomic E-state index is 0.258. The van der Waals surface area contributed by atoms with E-state index in [1.54, 1.807) is 0 Å².